The van der Waals surface area contributed by atoms with Gasteiger partial charge in [-0.1, -0.05) is 0 Å². The molecule has 0 saturated carbocycles. The molecular formula is C14H17N3O3. The number of rotatable bonds is 5. The number of nitro groups is 1. The number of anilines is 1. The van der Waals surface area contributed by atoms with E-state index in [2.05, 4.69) is 11.2 Å². The van der Waals surface area contributed by atoms with E-state index in [1.54, 1.807) is 14.1 Å². The first-order valence-corrected chi connectivity index (χ1v) is 6.07. The Morgan fingerprint density at radius 2 is 2.20 bits per heavy atom. The molecule has 0 fully saturated rings. The van der Waals surface area contributed by atoms with Crippen LogP contribution in [0, 0.1) is 22.5 Å². The molecule has 0 heterocycles. The minimum atomic E-state index is -0.491. The molecule has 0 saturated heterocycles. The van der Waals surface area contributed by atoms with E-state index in [4.69, 9.17) is 6.42 Å². The fourth-order valence-corrected chi connectivity index (χ4v) is 1.70. The Balaban J connectivity index is 3.16. The maximum absolute atomic E-state index is 11.9. The summed E-state index contributed by atoms with van der Waals surface area (Å²) in [4.78, 5) is 23.8. The molecule has 1 aromatic rings. The molecular weight excluding hydrogens is 258 g/mol. The fourth-order valence-electron chi connectivity index (χ4n) is 1.70. The normalized spacial score (nSPS) is 11.3. The number of carbonyl (C=O) groups excluding carboxylic acids is 1. The molecule has 1 atom stereocenters. The third-order valence-corrected chi connectivity index (χ3v) is 2.67. The van der Waals surface area contributed by atoms with Crippen LogP contribution in [-0.4, -0.2) is 35.9 Å². The van der Waals surface area contributed by atoms with E-state index in [0.29, 0.717) is 17.7 Å². The zero-order chi connectivity index (χ0) is 15.3. The van der Waals surface area contributed by atoms with Crippen LogP contribution in [0.5, 0.6) is 0 Å². The molecule has 6 nitrogen and oxygen atoms in total. The van der Waals surface area contributed by atoms with Gasteiger partial charge in [0.25, 0.3) is 11.6 Å². The minimum Gasteiger partial charge on any atom is -0.376 e. The summed E-state index contributed by atoms with van der Waals surface area (Å²) in [5.41, 5.74) is 0.602. The number of carbonyl (C=O) groups is 1. The van der Waals surface area contributed by atoms with E-state index in [1.807, 2.05) is 6.92 Å². The highest BCUT2D eigenvalue weighted by atomic mass is 16.6. The predicted octanol–water partition coefficient (Wildman–Crippen LogP) is 2.12. The average molecular weight is 275 g/mol. The number of hydrogen-bond donors (Lipinski definition) is 1. The van der Waals surface area contributed by atoms with Gasteiger partial charge < -0.3 is 10.2 Å². The summed E-state index contributed by atoms with van der Waals surface area (Å²) >= 11 is 0. The maximum Gasteiger partial charge on any atom is 0.292 e. The Hall–Kier alpha value is -2.55. The van der Waals surface area contributed by atoms with Crippen molar-refractivity contribution < 1.29 is 9.72 Å². The van der Waals surface area contributed by atoms with Crippen LogP contribution in [0.2, 0.25) is 0 Å². The van der Waals surface area contributed by atoms with E-state index in [1.165, 1.54) is 23.1 Å². The Bertz CT molecular complexity index is 561. The summed E-state index contributed by atoms with van der Waals surface area (Å²) in [7, 11) is 3.25. The quantitative estimate of drug-likeness (QED) is 0.507. The number of terminal acetylenes is 1. The number of nitrogens with one attached hydrogen (secondary N) is 1. The number of benzene rings is 1. The van der Waals surface area contributed by atoms with Crippen LogP contribution >= 0.6 is 0 Å². The Morgan fingerprint density at radius 3 is 2.70 bits per heavy atom. The lowest BCUT2D eigenvalue weighted by molar-refractivity contribution is -0.384. The molecule has 0 bridgehead atoms. The van der Waals surface area contributed by atoms with Crippen molar-refractivity contribution in [1.29, 1.82) is 0 Å². The van der Waals surface area contributed by atoms with Crippen LogP contribution in [0.15, 0.2) is 18.2 Å². The molecule has 0 aliphatic rings. The minimum absolute atomic E-state index is 0.0795. The first kappa shape index (κ1) is 15.5. The SMILES string of the molecule is C#CCC(C)Nc1cc(C(=O)N(C)C)ccc1[N+](=O)[O-]. The van der Waals surface area contributed by atoms with Crippen molar-refractivity contribution in [1.82, 2.24) is 4.90 Å². The van der Waals surface area contributed by atoms with E-state index in [9.17, 15) is 14.9 Å². The van der Waals surface area contributed by atoms with Gasteiger partial charge in [-0.05, 0) is 19.1 Å². The van der Waals surface area contributed by atoms with Crippen molar-refractivity contribution in [3.8, 4) is 12.3 Å². The molecule has 1 unspecified atom stereocenters. The molecule has 6 heteroatoms. The first-order valence-electron chi connectivity index (χ1n) is 6.07. The maximum atomic E-state index is 11.9. The Kier molecular flexibility index (Phi) is 5.09. The summed E-state index contributed by atoms with van der Waals surface area (Å²) in [5.74, 6) is 2.27. The molecule has 0 spiro atoms. The van der Waals surface area contributed by atoms with Gasteiger partial charge in [0.1, 0.15) is 5.69 Å². The van der Waals surface area contributed by atoms with Gasteiger partial charge in [-0.15, -0.1) is 12.3 Å². The van der Waals surface area contributed by atoms with Crippen molar-refractivity contribution in [3.63, 3.8) is 0 Å². The smallest absolute Gasteiger partial charge is 0.292 e. The highest BCUT2D eigenvalue weighted by Gasteiger charge is 2.18. The van der Waals surface area contributed by atoms with Crippen LogP contribution < -0.4 is 5.32 Å². The Labute approximate surface area is 117 Å². The first-order chi connectivity index (χ1) is 9.36. The second-order valence-electron chi connectivity index (χ2n) is 4.64. The van der Waals surface area contributed by atoms with Gasteiger partial charge in [0.05, 0.1) is 4.92 Å². The molecule has 1 aromatic carbocycles. The lowest BCUT2D eigenvalue weighted by Crippen LogP contribution is -2.22. The van der Waals surface area contributed by atoms with Gasteiger partial charge in [0.15, 0.2) is 0 Å². The zero-order valence-corrected chi connectivity index (χ0v) is 11.7. The number of nitro benzene ring substituents is 1. The molecule has 0 aliphatic carbocycles. The molecule has 0 radical (unpaired) electrons. The lowest BCUT2D eigenvalue weighted by Gasteiger charge is -2.15. The predicted molar refractivity (Wildman–Crippen MR) is 77.6 cm³/mol. The molecule has 1 rings (SSSR count). The number of nitrogens with zero attached hydrogens (tertiary/aromatic N) is 2. The number of amides is 1. The van der Waals surface area contributed by atoms with Gasteiger partial charge in [-0.3, -0.25) is 14.9 Å². The standard InChI is InChI=1S/C14H17N3O3/c1-5-6-10(2)15-12-9-11(14(18)16(3)4)7-8-13(12)17(19)20/h1,7-10,15H,6H2,2-4H3. The fraction of sp³-hybridized carbons (Fsp3) is 0.357. The Morgan fingerprint density at radius 1 is 1.55 bits per heavy atom. The van der Waals surface area contributed by atoms with Gasteiger partial charge in [-0.25, -0.2) is 0 Å². The van der Waals surface area contributed by atoms with E-state index < -0.39 is 4.92 Å². The van der Waals surface area contributed by atoms with E-state index in [-0.39, 0.29) is 17.6 Å². The van der Waals surface area contributed by atoms with E-state index in [0.717, 1.165) is 0 Å². The van der Waals surface area contributed by atoms with Gasteiger partial charge in [-0.2, -0.15) is 0 Å². The van der Waals surface area contributed by atoms with Crippen molar-refractivity contribution in [3.05, 3.63) is 33.9 Å². The molecule has 0 aromatic heterocycles. The summed E-state index contributed by atoms with van der Waals surface area (Å²) < 4.78 is 0. The second kappa shape index (κ2) is 6.57. The van der Waals surface area contributed by atoms with Gasteiger partial charge >= 0.3 is 0 Å². The third kappa shape index (κ3) is 3.72. The zero-order valence-electron chi connectivity index (χ0n) is 11.7. The van der Waals surface area contributed by atoms with Crippen LogP contribution in [0.4, 0.5) is 11.4 Å². The van der Waals surface area contributed by atoms with E-state index >= 15 is 0 Å². The van der Waals surface area contributed by atoms with Crippen LogP contribution in [0.1, 0.15) is 23.7 Å². The van der Waals surface area contributed by atoms with Crippen molar-refractivity contribution >= 4 is 17.3 Å². The van der Waals surface area contributed by atoms with Crippen molar-refractivity contribution in [2.45, 2.75) is 19.4 Å². The van der Waals surface area contributed by atoms with Crippen LogP contribution in [-0.2, 0) is 0 Å². The van der Waals surface area contributed by atoms with Gasteiger partial charge in [0.2, 0.25) is 0 Å². The molecule has 20 heavy (non-hydrogen) atoms. The molecule has 0 aliphatic heterocycles. The largest absolute Gasteiger partial charge is 0.376 e. The second-order valence-corrected chi connectivity index (χ2v) is 4.64. The lowest BCUT2D eigenvalue weighted by atomic mass is 10.1. The molecule has 1 amide bonds. The molecule has 1 N–H and O–H groups in total. The summed E-state index contributed by atoms with van der Waals surface area (Å²) in [6, 6.07) is 4.12. The highest BCUT2D eigenvalue weighted by Crippen LogP contribution is 2.26. The third-order valence-electron chi connectivity index (χ3n) is 2.67. The average Bonchev–Trinajstić information content (AvgIpc) is 2.37. The van der Waals surface area contributed by atoms with Crippen LogP contribution in [0.25, 0.3) is 0 Å². The summed E-state index contributed by atoms with van der Waals surface area (Å²) in [6.45, 7) is 1.82. The van der Waals surface area contributed by atoms with Gasteiger partial charge in [0, 0.05) is 38.2 Å². The van der Waals surface area contributed by atoms with Crippen LogP contribution in [0.3, 0.4) is 0 Å². The molecule has 106 valence electrons. The highest BCUT2D eigenvalue weighted by molar-refractivity contribution is 5.95. The monoisotopic (exact) mass is 275 g/mol. The summed E-state index contributed by atoms with van der Waals surface area (Å²) in [6.07, 6.45) is 5.65. The summed E-state index contributed by atoms with van der Waals surface area (Å²) in [5, 5.41) is 14.0. The van der Waals surface area contributed by atoms with Crippen molar-refractivity contribution in [2.75, 3.05) is 19.4 Å². The van der Waals surface area contributed by atoms with Crippen molar-refractivity contribution in [2.24, 2.45) is 0 Å². The topological polar surface area (TPSA) is 75.5 Å². The number of hydrogen-bond acceptors (Lipinski definition) is 4.